The lowest BCUT2D eigenvalue weighted by Crippen LogP contribution is -2.35. The van der Waals surface area contributed by atoms with Crippen molar-refractivity contribution in [3.63, 3.8) is 0 Å². The molecule has 1 aromatic rings. The van der Waals surface area contributed by atoms with Crippen LogP contribution in [0.4, 0.5) is 5.69 Å². The fraction of sp³-hybridized carbons (Fsp3) is 0.429. The van der Waals surface area contributed by atoms with Gasteiger partial charge < -0.3 is 15.8 Å². The number of nitrogens with one attached hydrogen (secondary N) is 1. The Morgan fingerprint density at radius 2 is 2.11 bits per heavy atom. The van der Waals surface area contributed by atoms with E-state index in [9.17, 15) is 9.59 Å². The van der Waals surface area contributed by atoms with E-state index in [-0.39, 0.29) is 24.1 Å². The van der Waals surface area contributed by atoms with Crippen molar-refractivity contribution in [2.75, 3.05) is 12.3 Å². The van der Waals surface area contributed by atoms with E-state index in [1.165, 1.54) is 0 Å². The van der Waals surface area contributed by atoms with E-state index in [1.54, 1.807) is 12.1 Å². The van der Waals surface area contributed by atoms with E-state index in [1.807, 2.05) is 26.8 Å². The van der Waals surface area contributed by atoms with Gasteiger partial charge in [0.15, 0.2) is 6.61 Å². The lowest BCUT2D eigenvalue weighted by molar-refractivity contribution is -0.124. The first-order valence-electron chi connectivity index (χ1n) is 6.27. The highest BCUT2D eigenvalue weighted by molar-refractivity contribution is 5.96. The molecule has 0 radical (unpaired) electrons. The molecular formula is C14H20N2O3. The molecule has 0 aliphatic carbocycles. The van der Waals surface area contributed by atoms with Crippen LogP contribution in [0.5, 0.6) is 0 Å². The number of nitrogens with two attached hydrogens (primary N) is 1. The normalized spacial score (nSPS) is 11.7. The predicted molar refractivity (Wildman–Crippen MR) is 73.8 cm³/mol. The van der Waals surface area contributed by atoms with Gasteiger partial charge in [-0.3, -0.25) is 4.79 Å². The number of aryl methyl sites for hydroxylation is 1. The molecule has 0 spiro atoms. The summed E-state index contributed by atoms with van der Waals surface area (Å²) < 4.78 is 4.94. The first-order valence-corrected chi connectivity index (χ1v) is 6.27. The highest BCUT2D eigenvalue weighted by Crippen LogP contribution is 2.17. The molecule has 19 heavy (non-hydrogen) atoms. The SMILES string of the molecule is CCC(C)NC(=O)COC(=O)c1cccc(C)c1N. The van der Waals surface area contributed by atoms with Crippen molar-refractivity contribution < 1.29 is 14.3 Å². The van der Waals surface area contributed by atoms with Crippen molar-refractivity contribution in [2.45, 2.75) is 33.2 Å². The van der Waals surface area contributed by atoms with E-state index in [4.69, 9.17) is 10.5 Å². The van der Waals surface area contributed by atoms with Crippen LogP contribution in [0.2, 0.25) is 0 Å². The van der Waals surface area contributed by atoms with E-state index < -0.39 is 5.97 Å². The summed E-state index contributed by atoms with van der Waals surface area (Å²) in [6, 6.07) is 5.18. The summed E-state index contributed by atoms with van der Waals surface area (Å²) in [6.45, 7) is 5.36. The zero-order valence-corrected chi connectivity index (χ0v) is 11.5. The van der Waals surface area contributed by atoms with Crippen molar-refractivity contribution in [3.8, 4) is 0 Å². The summed E-state index contributed by atoms with van der Waals surface area (Å²) in [7, 11) is 0. The monoisotopic (exact) mass is 264 g/mol. The van der Waals surface area contributed by atoms with Gasteiger partial charge in [0.25, 0.3) is 5.91 Å². The van der Waals surface area contributed by atoms with E-state index in [0.29, 0.717) is 5.69 Å². The zero-order valence-electron chi connectivity index (χ0n) is 11.5. The van der Waals surface area contributed by atoms with E-state index >= 15 is 0 Å². The standard InChI is InChI=1S/C14H20N2O3/c1-4-10(3)16-12(17)8-19-14(18)11-7-5-6-9(2)13(11)15/h5-7,10H,4,8,15H2,1-3H3,(H,16,17). The quantitative estimate of drug-likeness (QED) is 0.626. The lowest BCUT2D eigenvalue weighted by Gasteiger charge is -2.12. The van der Waals surface area contributed by atoms with Crippen molar-refractivity contribution in [2.24, 2.45) is 0 Å². The number of rotatable bonds is 5. The number of ether oxygens (including phenoxy) is 1. The maximum absolute atomic E-state index is 11.8. The van der Waals surface area contributed by atoms with Crippen LogP contribution >= 0.6 is 0 Å². The third kappa shape index (κ3) is 4.28. The van der Waals surface area contributed by atoms with Crippen LogP contribution in [-0.2, 0) is 9.53 Å². The Labute approximate surface area is 113 Å². The Morgan fingerprint density at radius 3 is 2.74 bits per heavy atom. The lowest BCUT2D eigenvalue weighted by atomic mass is 10.1. The van der Waals surface area contributed by atoms with Crippen LogP contribution in [0, 0.1) is 6.92 Å². The van der Waals surface area contributed by atoms with Crippen molar-refractivity contribution >= 4 is 17.6 Å². The zero-order chi connectivity index (χ0) is 14.4. The first kappa shape index (κ1) is 15.0. The molecule has 1 aromatic carbocycles. The number of anilines is 1. The summed E-state index contributed by atoms with van der Waals surface area (Å²) in [5.41, 5.74) is 7.27. The smallest absolute Gasteiger partial charge is 0.340 e. The van der Waals surface area contributed by atoms with E-state index in [2.05, 4.69) is 5.32 Å². The van der Waals surface area contributed by atoms with Gasteiger partial charge in [-0.2, -0.15) is 0 Å². The van der Waals surface area contributed by atoms with E-state index in [0.717, 1.165) is 12.0 Å². The second-order valence-corrected chi connectivity index (χ2v) is 4.49. The summed E-state index contributed by atoms with van der Waals surface area (Å²) in [6.07, 6.45) is 0.824. The Morgan fingerprint density at radius 1 is 1.42 bits per heavy atom. The maximum atomic E-state index is 11.8. The molecule has 5 nitrogen and oxygen atoms in total. The van der Waals surface area contributed by atoms with Crippen LogP contribution in [0.1, 0.15) is 36.2 Å². The molecule has 0 aliphatic heterocycles. The highest BCUT2D eigenvalue weighted by atomic mass is 16.5. The number of amides is 1. The second kappa shape index (κ2) is 6.78. The number of hydrogen-bond acceptors (Lipinski definition) is 4. The van der Waals surface area contributed by atoms with Gasteiger partial charge in [-0.1, -0.05) is 19.1 Å². The van der Waals surface area contributed by atoms with Gasteiger partial charge in [0, 0.05) is 11.7 Å². The number of carbonyl (C=O) groups excluding carboxylic acids is 2. The number of para-hydroxylation sites is 1. The molecule has 104 valence electrons. The Kier molecular flexibility index (Phi) is 5.36. The van der Waals surface area contributed by atoms with Crippen LogP contribution in [0.15, 0.2) is 18.2 Å². The molecule has 5 heteroatoms. The largest absolute Gasteiger partial charge is 0.452 e. The third-order valence-electron chi connectivity index (χ3n) is 2.90. The van der Waals surface area contributed by atoms with Gasteiger partial charge >= 0.3 is 5.97 Å². The molecule has 1 unspecified atom stereocenters. The van der Waals surface area contributed by atoms with Crippen LogP contribution in [0.25, 0.3) is 0 Å². The highest BCUT2D eigenvalue weighted by Gasteiger charge is 2.14. The predicted octanol–water partition coefficient (Wildman–Crippen LogP) is 1.65. The number of esters is 1. The summed E-state index contributed by atoms with van der Waals surface area (Å²) >= 11 is 0. The molecule has 1 amide bonds. The van der Waals surface area contributed by atoms with Gasteiger partial charge in [-0.25, -0.2) is 4.79 Å². The maximum Gasteiger partial charge on any atom is 0.340 e. The molecule has 0 heterocycles. The van der Waals surface area contributed by atoms with Gasteiger partial charge in [0.05, 0.1) is 5.56 Å². The minimum absolute atomic E-state index is 0.0650. The Hall–Kier alpha value is -2.04. The van der Waals surface area contributed by atoms with Gasteiger partial charge in [-0.15, -0.1) is 0 Å². The summed E-state index contributed by atoms with van der Waals surface area (Å²) in [5.74, 6) is -0.894. The Balaban J connectivity index is 2.56. The molecule has 0 saturated carbocycles. The molecule has 0 saturated heterocycles. The molecule has 0 aliphatic rings. The van der Waals surface area contributed by atoms with Crippen LogP contribution in [0.3, 0.4) is 0 Å². The average molecular weight is 264 g/mol. The minimum atomic E-state index is -0.583. The molecule has 3 N–H and O–H groups in total. The van der Waals surface area contributed by atoms with Crippen molar-refractivity contribution in [1.29, 1.82) is 0 Å². The number of benzene rings is 1. The topological polar surface area (TPSA) is 81.4 Å². The van der Waals surface area contributed by atoms with Crippen LogP contribution < -0.4 is 11.1 Å². The van der Waals surface area contributed by atoms with Crippen LogP contribution in [-0.4, -0.2) is 24.5 Å². The van der Waals surface area contributed by atoms with Gasteiger partial charge in [-0.05, 0) is 31.9 Å². The fourth-order valence-electron chi connectivity index (χ4n) is 1.49. The molecular weight excluding hydrogens is 244 g/mol. The number of nitrogen functional groups attached to an aromatic ring is 1. The molecule has 1 rings (SSSR count). The minimum Gasteiger partial charge on any atom is -0.452 e. The molecule has 0 bridgehead atoms. The fourth-order valence-corrected chi connectivity index (χ4v) is 1.49. The number of hydrogen-bond donors (Lipinski definition) is 2. The third-order valence-corrected chi connectivity index (χ3v) is 2.90. The first-order chi connectivity index (χ1) is 8.95. The van der Waals surface area contributed by atoms with Gasteiger partial charge in [0.2, 0.25) is 0 Å². The van der Waals surface area contributed by atoms with Gasteiger partial charge in [0.1, 0.15) is 0 Å². The number of carbonyl (C=O) groups is 2. The van der Waals surface area contributed by atoms with Crippen molar-refractivity contribution in [1.82, 2.24) is 5.32 Å². The molecule has 1 atom stereocenters. The van der Waals surface area contributed by atoms with Crippen molar-refractivity contribution in [3.05, 3.63) is 29.3 Å². The molecule has 0 fully saturated rings. The Bertz CT molecular complexity index is 472. The summed E-state index contributed by atoms with van der Waals surface area (Å²) in [4.78, 5) is 23.3. The molecule has 0 aromatic heterocycles. The summed E-state index contributed by atoms with van der Waals surface area (Å²) in [5, 5.41) is 2.71. The second-order valence-electron chi connectivity index (χ2n) is 4.49. The average Bonchev–Trinajstić information content (AvgIpc) is 2.39.